The molecule has 3 atom stereocenters. The van der Waals surface area contributed by atoms with E-state index in [1.54, 1.807) is 12.1 Å². The summed E-state index contributed by atoms with van der Waals surface area (Å²) in [7, 11) is 0. The number of ketones is 3. The second kappa shape index (κ2) is 31.8. The van der Waals surface area contributed by atoms with E-state index in [1.807, 2.05) is 13.8 Å². The van der Waals surface area contributed by atoms with Gasteiger partial charge in [0, 0.05) is 38.6 Å². The van der Waals surface area contributed by atoms with Crippen LogP contribution in [0.2, 0.25) is 0 Å². The minimum absolute atomic E-state index is 0.0214. The molecule has 0 radical (unpaired) electrons. The number of Topliss-reactive ketones (excluding diaryl/α,β-unsaturated/α-hetero) is 3. The number of unbranched alkanes of at least 4 members (excludes halogenated alkanes) is 12. The number of primary amides is 1. The fourth-order valence-corrected chi connectivity index (χ4v) is 6.78. The molecule has 14 heteroatoms. The summed E-state index contributed by atoms with van der Waals surface area (Å²) in [6, 6.07) is 4.83. The van der Waals surface area contributed by atoms with Crippen LogP contribution in [-0.4, -0.2) is 88.1 Å². The summed E-state index contributed by atoms with van der Waals surface area (Å²) < 4.78 is 0. The maximum atomic E-state index is 13.3. The van der Waals surface area contributed by atoms with Gasteiger partial charge in [0.25, 0.3) is 0 Å². The number of rotatable bonds is 38. The Bertz CT molecular complexity index is 1380. The molecule has 0 heterocycles. The maximum absolute atomic E-state index is 13.3. The van der Waals surface area contributed by atoms with Crippen LogP contribution in [0.3, 0.4) is 0 Å². The number of hydrogen-bond acceptors (Lipinski definition) is 10. The quantitative estimate of drug-likeness (QED) is 0.0392. The highest BCUT2D eigenvalue weighted by Crippen LogP contribution is 2.17. The van der Waals surface area contributed by atoms with Gasteiger partial charge in [0.15, 0.2) is 5.78 Å². The Kier molecular flexibility index (Phi) is 28.4. The molecule has 14 nitrogen and oxygen atoms in total. The monoisotopic (exact) mass is 817 g/mol. The number of aliphatic carboxylic acids is 2. The first kappa shape index (κ1) is 51.8. The van der Waals surface area contributed by atoms with Crippen molar-refractivity contribution < 1.29 is 48.9 Å². The first-order valence-electron chi connectivity index (χ1n) is 21.5. The van der Waals surface area contributed by atoms with Crippen molar-refractivity contribution in [3.05, 3.63) is 29.8 Å². The summed E-state index contributed by atoms with van der Waals surface area (Å²) >= 11 is 0. The predicted octanol–water partition coefficient (Wildman–Crippen LogP) is 5.79. The van der Waals surface area contributed by atoms with Crippen LogP contribution in [0.1, 0.15) is 154 Å². The van der Waals surface area contributed by atoms with Crippen molar-refractivity contribution in [2.24, 2.45) is 17.6 Å². The van der Waals surface area contributed by atoms with Crippen molar-refractivity contribution in [3.63, 3.8) is 0 Å². The van der Waals surface area contributed by atoms with Crippen LogP contribution in [0.25, 0.3) is 0 Å². The van der Waals surface area contributed by atoms with Crippen molar-refractivity contribution in [1.29, 1.82) is 0 Å². The number of nitrogens with two attached hydrogens (primary N) is 1. The second-order valence-electron chi connectivity index (χ2n) is 16.0. The molecule has 1 rings (SSSR count). The molecule has 0 aliphatic heterocycles. The summed E-state index contributed by atoms with van der Waals surface area (Å²) in [4.78, 5) is 85.2. The molecule has 0 aliphatic carbocycles. The molecule has 0 aliphatic rings. The summed E-state index contributed by atoms with van der Waals surface area (Å²) in [6.45, 7) is 4.05. The Labute approximate surface area is 345 Å². The summed E-state index contributed by atoms with van der Waals surface area (Å²) in [5.41, 5.74) is 6.33. The molecule has 0 saturated heterocycles. The van der Waals surface area contributed by atoms with Gasteiger partial charge in [-0.2, -0.15) is 0 Å². The minimum Gasteiger partial charge on any atom is -0.508 e. The second-order valence-corrected chi connectivity index (χ2v) is 16.0. The number of phenolic OH excluding ortho intramolecular Hbond substituents is 1. The number of carboxylic acid groups (broad SMARTS) is 2. The van der Waals surface area contributed by atoms with Crippen molar-refractivity contribution in [2.45, 2.75) is 167 Å². The molecule has 328 valence electrons. The van der Waals surface area contributed by atoms with Gasteiger partial charge in [0.1, 0.15) is 17.3 Å². The first-order valence-corrected chi connectivity index (χ1v) is 21.5. The van der Waals surface area contributed by atoms with Crippen LogP contribution >= 0.6 is 0 Å². The summed E-state index contributed by atoms with van der Waals surface area (Å²) in [6.07, 6.45) is 15.0. The predicted molar refractivity (Wildman–Crippen MR) is 223 cm³/mol. The minimum atomic E-state index is -1.09. The SMILES string of the molecule is CC(C)CC(=O)CN[C@@H](CCCCNC(=O)CC[C@H](CC(=O)CCCCCCCCCCCCCCC(=O)O)C(=O)O)C(=O)CN[C@@H](Cc1ccc(O)cc1)C(N)=O. The highest BCUT2D eigenvalue weighted by molar-refractivity contribution is 5.88. The van der Waals surface area contributed by atoms with E-state index in [2.05, 4.69) is 16.0 Å². The molecule has 0 saturated carbocycles. The summed E-state index contributed by atoms with van der Waals surface area (Å²) in [5.74, 6) is -3.78. The topological polar surface area (TPSA) is 242 Å². The Morgan fingerprint density at radius 1 is 0.621 bits per heavy atom. The largest absolute Gasteiger partial charge is 0.508 e. The molecule has 1 aromatic rings. The van der Waals surface area contributed by atoms with Gasteiger partial charge in [0.05, 0.1) is 31.1 Å². The Morgan fingerprint density at radius 2 is 1.17 bits per heavy atom. The Hall–Kier alpha value is -4.17. The fraction of sp³-hybridized carbons (Fsp3) is 0.705. The molecule has 0 fully saturated rings. The van der Waals surface area contributed by atoms with Crippen molar-refractivity contribution in [2.75, 3.05) is 19.6 Å². The zero-order valence-electron chi connectivity index (χ0n) is 35.1. The lowest BCUT2D eigenvalue weighted by Gasteiger charge is -2.20. The molecular weight excluding hydrogens is 745 g/mol. The number of carbonyl (C=O) groups is 7. The van der Waals surface area contributed by atoms with Crippen molar-refractivity contribution in [3.8, 4) is 5.75 Å². The third-order valence-electron chi connectivity index (χ3n) is 10.2. The van der Waals surface area contributed by atoms with E-state index in [9.17, 15) is 43.8 Å². The standard InChI is InChI=1S/C44H72N4O10/c1-32(2)27-37(51)30-47-38(40(52)31-48-39(43(45)56)28-33-20-23-35(49)24-21-33)18-15-16-26-46-41(53)25-22-34(44(57)58)29-36(50)17-13-11-9-7-5-3-4-6-8-10-12-14-19-42(54)55/h20-21,23-24,32,34,38-39,47-49H,3-19,22,25-31H2,1-2H3,(H2,45,56)(H,46,53)(H,54,55)(H,57,58)/t34-,38+,39+/m1/s1. The van der Waals surface area contributed by atoms with Crippen LogP contribution in [0.5, 0.6) is 5.75 Å². The number of hydrogen-bond donors (Lipinski definition) is 7. The lowest BCUT2D eigenvalue weighted by atomic mass is 9.94. The lowest BCUT2D eigenvalue weighted by Crippen LogP contribution is -2.49. The number of amides is 2. The molecule has 1 aromatic carbocycles. The Morgan fingerprint density at radius 3 is 1.71 bits per heavy atom. The number of carboxylic acids is 2. The van der Waals surface area contributed by atoms with E-state index in [-0.39, 0.29) is 80.1 Å². The smallest absolute Gasteiger partial charge is 0.306 e. The Balaban J connectivity index is 2.37. The maximum Gasteiger partial charge on any atom is 0.306 e. The molecule has 0 unspecified atom stereocenters. The summed E-state index contributed by atoms with van der Waals surface area (Å²) in [5, 5.41) is 36.7. The van der Waals surface area contributed by atoms with E-state index in [4.69, 9.17) is 10.8 Å². The number of aromatic hydroxyl groups is 1. The fourth-order valence-electron chi connectivity index (χ4n) is 6.78. The van der Waals surface area contributed by atoms with Gasteiger partial charge < -0.3 is 31.7 Å². The van der Waals surface area contributed by atoms with Gasteiger partial charge in [-0.25, -0.2) is 0 Å². The average molecular weight is 817 g/mol. The van der Waals surface area contributed by atoms with E-state index in [0.717, 1.165) is 63.4 Å². The van der Waals surface area contributed by atoms with E-state index in [1.165, 1.54) is 31.4 Å². The average Bonchev–Trinajstić information content (AvgIpc) is 3.16. The lowest BCUT2D eigenvalue weighted by molar-refractivity contribution is -0.144. The molecule has 2 amide bonds. The highest BCUT2D eigenvalue weighted by atomic mass is 16.4. The number of carbonyl (C=O) groups excluding carboxylic acids is 5. The zero-order valence-corrected chi connectivity index (χ0v) is 35.1. The molecule has 0 aromatic heterocycles. The third-order valence-corrected chi connectivity index (χ3v) is 10.2. The van der Waals surface area contributed by atoms with Gasteiger partial charge in [-0.3, -0.25) is 38.9 Å². The van der Waals surface area contributed by atoms with E-state index in [0.29, 0.717) is 38.6 Å². The van der Waals surface area contributed by atoms with Crippen LogP contribution in [0, 0.1) is 11.8 Å². The number of nitrogens with one attached hydrogen (secondary N) is 3. The molecule has 0 bridgehead atoms. The van der Waals surface area contributed by atoms with Gasteiger partial charge in [-0.05, 0) is 68.6 Å². The molecule has 8 N–H and O–H groups in total. The number of phenols is 1. The van der Waals surface area contributed by atoms with E-state index < -0.39 is 35.8 Å². The molecule has 0 spiro atoms. The van der Waals surface area contributed by atoms with Crippen molar-refractivity contribution in [1.82, 2.24) is 16.0 Å². The third kappa shape index (κ3) is 27.5. The van der Waals surface area contributed by atoms with Crippen LogP contribution in [-0.2, 0) is 40.0 Å². The van der Waals surface area contributed by atoms with Crippen LogP contribution in [0.15, 0.2) is 24.3 Å². The first-order chi connectivity index (χ1) is 27.7. The molecule has 58 heavy (non-hydrogen) atoms. The van der Waals surface area contributed by atoms with Crippen LogP contribution in [0.4, 0.5) is 0 Å². The van der Waals surface area contributed by atoms with Gasteiger partial charge in [-0.1, -0.05) is 90.2 Å². The zero-order chi connectivity index (χ0) is 43.1. The van der Waals surface area contributed by atoms with Gasteiger partial charge >= 0.3 is 11.9 Å². The van der Waals surface area contributed by atoms with E-state index >= 15 is 0 Å². The number of benzene rings is 1. The van der Waals surface area contributed by atoms with Gasteiger partial charge in [0.2, 0.25) is 11.8 Å². The van der Waals surface area contributed by atoms with Crippen molar-refractivity contribution >= 4 is 41.1 Å². The van der Waals surface area contributed by atoms with Crippen LogP contribution < -0.4 is 21.7 Å². The molecular formula is C44H72N4O10. The highest BCUT2D eigenvalue weighted by Gasteiger charge is 2.24. The van der Waals surface area contributed by atoms with Gasteiger partial charge in [-0.15, -0.1) is 0 Å². The normalized spacial score (nSPS) is 12.8.